The van der Waals surface area contributed by atoms with Gasteiger partial charge >= 0.3 is 0 Å². The first-order chi connectivity index (χ1) is 16.7. The van der Waals surface area contributed by atoms with Crippen LogP contribution < -0.4 is 10.6 Å². The summed E-state index contributed by atoms with van der Waals surface area (Å²) in [7, 11) is 0. The van der Waals surface area contributed by atoms with Crippen LogP contribution in [0.3, 0.4) is 0 Å². The molecule has 6 rings (SSSR count). The van der Waals surface area contributed by atoms with Crippen molar-refractivity contribution in [2.24, 2.45) is 0 Å². The molecule has 0 saturated carbocycles. The molecule has 0 aliphatic carbocycles. The Kier molecular flexibility index (Phi) is 5.11. The number of benzene rings is 3. The lowest BCUT2D eigenvalue weighted by Gasteiger charge is -2.42. The molecular weight excluding hydrogens is 470 g/mol. The van der Waals surface area contributed by atoms with Crippen LogP contribution in [0.5, 0.6) is 0 Å². The van der Waals surface area contributed by atoms with Gasteiger partial charge in [-0.2, -0.15) is 0 Å². The summed E-state index contributed by atoms with van der Waals surface area (Å²) in [4.78, 5) is 19.7. The lowest BCUT2D eigenvalue weighted by Crippen LogP contribution is -2.54. The zero-order chi connectivity index (χ0) is 24.4. The predicted octanol–water partition coefficient (Wildman–Crippen LogP) is 7.59. The summed E-state index contributed by atoms with van der Waals surface area (Å²) in [5.41, 5.74) is 3.73. The maximum absolute atomic E-state index is 13.5. The smallest absolute Gasteiger partial charge is 0.256 e. The number of carbonyl (C=O) groups excluding carboxylic acids is 1. The summed E-state index contributed by atoms with van der Waals surface area (Å²) in [6.45, 7) is 8.93. The SMILES string of the molecule is CC1(C)Cc2c(sc(NC(=O)c3ccc4ccccc4c3)c2-c2nc3ccccc3s2)C(C)(C)N1. The fraction of sp³-hybridized carbons (Fsp3) is 0.241. The Labute approximate surface area is 213 Å². The number of amides is 1. The molecule has 0 bridgehead atoms. The summed E-state index contributed by atoms with van der Waals surface area (Å²) < 4.78 is 1.15. The average molecular weight is 498 g/mol. The minimum atomic E-state index is -0.209. The molecule has 2 N–H and O–H groups in total. The van der Waals surface area contributed by atoms with Crippen LogP contribution in [0.25, 0.3) is 31.6 Å². The summed E-state index contributed by atoms with van der Waals surface area (Å²) in [5.74, 6) is -0.0956. The van der Waals surface area contributed by atoms with E-state index in [0.717, 1.165) is 43.0 Å². The normalized spacial score (nSPS) is 16.3. The molecule has 0 spiro atoms. The Balaban J connectivity index is 1.49. The highest BCUT2D eigenvalue weighted by atomic mass is 32.1. The second-order valence-electron chi connectivity index (χ2n) is 10.4. The van der Waals surface area contributed by atoms with Crippen molar-refractivity contribution >= 4 is 54.6 Å². The van der Waals surface area contributed by atoms with Crippen molar-refractivity contribution in [3.8, 4) is 10.6 Å². The summed E-state index contributed by atoms with van der Waals surface area (Å²) in [6, 6.07) is 22.2. The first kappa shape index (κ1) is 22.4. The highest BCUT2D eigenvalue weighted by Gasteiger charge is 2.41. The van der Waals surface area contributed by atoms with Crippen LogP contribution in [0.1, 0.15) is 48.5 Å². The molecule has 1 aliphatic heterocycles. The van der Waals surface area contributed by atoms with Gasteiger partial charge in [0.1, 0.15) is 10.0 Å². The van der Waals surface area contributed by atoms with E-state index in [1.807, 2.05) is 48.5 Å². The molecule has 5 aromatic rings. The van der Waals surface area contributed by atoms with Gasteiger partial charge in [-0.25, -0.2) is 4.98 Å². The van der Waals surface area contributed by atoms with E-state index in [1.54, 1.807) is 22.7 Å². The van der Waals surface area contributed by atoms with Crippen molar-refractivity contribution in [2.45, 2.75) is 45.2 Å². The van der Waals surface area contributed by atoms with Gasteiger partial charge in [0, 0.05) is 27.1 Å². The summed E-state index contributed by atoms with van der Waals surface area (Å²) >= 11 is 3.36. The lowest BCUT2D eigenvalue weighted by atomic mass is 9.81. The Morgan fingerprint density at radius 2 is 1.69 bits per heavy atom. The number of carbonyl (C=O) groups is 1. The zero-order valence-electron chi connectivity index (χ0n) is 20.2. The van der Waals surface area contributed by atoms with Crippen molar-refractivity contribution in [1.82, 2.24) is 10.3 Å². The number of hydrogen-bond acceptors (Lipinski definition) is 5. The van der Waals surface area contributed by atoms with Gasteiger partial charge in [-0.15, -0.1) is 22.7 Å². The molecule has 1 amide bonds. The van der Waals surface area contributed by atoms with Crippen LogP contribution in [-0.2, 0) is 12.0 Å². The van der Waals surface area contributed by atoms with Crippen LogP contribution in [0.4, 0.5) is 5.00 Å². The van der Waals surface area contributed by atoms with E-state index < -0.39 is 0 Å². The van der Waals surface area contributed by atoms with E-state index in [0.29, 0.717) is 5.56 Å². The van der Waals surface area contributed by atoms with E-state index in [1.165, 1.54) is 10.4 Å². The molecular formula is C29H27N3OS2. The number of nitrogens with zero attached hydrogens (tertiary/aromatic N) is 1. The van der Waals surface area contributed by atoms with Crippen molar-refractivity contribution in [1.29, 1.82) is 0 Å². The number of nitrogens with one attached hydrogen (secondary N) is 2. The number of thiophene rings is 1. The van der Waals surface area contributed by atoms with Gasteiger partial charge in [-0.3, -0.25) is 4.79 Å². The van der Waals surface area contributed by atoms with Crippen LogP contribution in [0.2, 0.25) is 0 Å². The molecule has 0 atom stereocenters. The number of aromatic nitrogens is 1. The van der Waals surface area contributed by atoms with E-state index in [9.17, 15) is 4.79 Å². The molecule has 0 radical (unpaired) electrons. The highest BCUT2D eigenvalue weighted by Crippen LogP contribution is 2.50. The monoisotopic (exact) mass is 497 g/mol. The number of para-hydroxylation sites is 1. The third kappa shape index (κ3) is 3.96. The van der Waals surface area contributed by atoms with Crippen LogP contribution >= 0.6 is 22.7 Å². The molecule has 6 heteroatoms. The standard InChI is InChI=1S/C29H27N3OS2/c1-28(2)16-20-23(26-30-21-11-7-8-12-22(21)34-26)27(35-24(20)29(3,4)32-28)31-25(33)19-14-13-17-9-5-6-10-18(17)15-19/h5-15,32H,16H2,1-4H3,(H,31,33). The quantitative estimate of drug-likeness (QED) is 0.270. The number of hydrogen-bond donors (Lipinski definition) is 2. The number of thiazole rings is 1. The van der Waals surface area contributed by atoms with Crippen molar-refractivity contribution in [2.75, 3.05) is 5.32 Å². The highest BCUT2D eigenvalue weighted by molar-refractivity contribution is 7.23. The number of rotatable bonds is 3. The first-order valence-electron chi connectivity index (χ1n) is 11.8. The van der Waals surface area contributed by atoms with Gasteiger partial charge in [-0.1, -0.05) is 42.5 Å². The second kappa shape index (κ2) is 7.98. The van der Waals surface area contributed by atoms with Gasteiger partial charge < -0.3 is 10.6 Å². The third-order valence-electron chi connectivity index (χ3n) is 6.59. The summed E-state index contributed by atoms with van der Waals surface area (Å²) in [6.07, 6.45) is 0.874. The largest absolute Gasteiger partial charge is 0.313 e. The van der Waals surface area contributed by atoms with E-state index in [2.05, 4.69) is 56.5 Å². The van der Waals surface area contributed by atoms with Crippen LogP contribution in [0, 0.1) is 0 Å². The van der Waals surface area contributed by atoms with Gasteiger partial charge in [0.2, 0.25) is 0 Å². The second-order valence-corrected chi connectivity index (χ2v) is 12.5. The molecule has 0 saturated heterocycles. The van der Waals surface area contributed by atoms with Gasteiger partial charge in [0.15, 0.2) is 0 Å². The molecule has 4 nitrogen and oxygen atoms in total. The first-order valence-corrected chi connectivity index (χ1v) is 13.5. The fourth-order valence-electron chi connectivity index (χ4n) is 5.33. The van der Waals surface area contributed by atoms with E-state index in [4.69, 9.17) is 4.98 Å². The molecule has 2 aromatic heterocycles. The average Bonchev–Trinajstić information content (AvgIpc) is 3.38. The Hall–Kier alpha value is -3.06. The lowest BCUT2D eigenvalue weighted by molar-refractivity contribution is 0.102. The Morgan fingerprint density at radius 3 is 2.49 bits per heavy atom. The Morgan fingerprint density at radius 1 is 0.943 bits per heavy atom. The molecule has 0 fully saturated rings. The molecule has 3 aromatic carbocycles. The minimum Gasteiger partial charge on any atom is -0.313 e. The number of anilines is 1. The molecule has 1 aliphatic rings. The topological polar surface area (TPSA) is 54.0 Å². The predicted molar refractivity (Wildman–Crippen MR) is 149 cm³/mol. The van der Waals surface area contributed by atoms with E-state index in [-0.39, 0.29) is 17.0 Å². The van der Waals surface area contributed by atoms with Gasteiger partial charge in [0.25, 0.3) is 5.91 Å². The third-order valence-corrected chi connectivity index (χ3v) is 9.12. The molecule has 3 heterocycles. The van der Waals surface area contributed by atoms with Gasteiger partial charge in [-0.05, 0) is 74.7 Å². The van der Waals surface area contributed by atoms with E-state index >= 15 is 0 Å². The maximum Gasteiger partial charge on any atom is 0.256 e. The van der Waals surface area contributed by atoms with Crippen molar-refractivity contribution in [3.63, 3.8) is 0 Å². The van der Waals surface area contributed by atoms with Crippen molar-refractivity contribution in [3.05, 3.63) is 82.7 Å². The maximum atomic E-state index is 13.5. The molecule has 35 heavy (non-hydrogen) atoms. The molecule has 176 valence electrons. The fourth-order valence-corrected chi connectivity index (χ4v) is 7.71. The number of fused-ring (bicyclic) bond motifs is 3. The minimum absolute atomic E-state index is 0.0668. The molecule has 0 unspecified atom stereocenters. The van der Waals surface area contributed by atoms with Crippen LogP contribution in [0.15, 0.2) is 66.7 Å². The van der Waals surface area contributed by atoms with Crippen molar-refractivity contribution < 1.29 is 4.79 Å². The zero-order valence-corrected chi connectivity index (χ0v) is 21.9. The Bertz CT molecular complexity index is 1580. The van der Waals surface area contributed by atoms with Crippen LogP contribution in [-0.4, -0.2) is 16.4 Å². The summed E-state index contributed by atoms with van der Waals surface area (Å²) in [5, 5.41) is 11.1. The van der Waals surface area contributed by atoms with Gasteiger partial charge in [0.05, 0.1) is 10.2 Å².